The molecule has 2 rings (SSSR count). The molecule has 1 aromatic carbocycles. The van der Waals surface area contributed by atoms with Gasteiger partial charge < -0.3 is 9.73 Å². The summed E-state index contributed by atoms with van der Waals surface area (Å²) >= 11 is 6.06. The van der Waals surface area contributed by atoms with Crippen LogP contribution in [-0.4, -0.2) is 11.5 Å². The summed E-state index contributed by atoms with van der Waals surface area (Å²) in [4.78, 5) is 10.2. The summed E-state index contributed by atoms with van der Waals surface area (Å²) in [5, 5.41) is 14.2. The van der Waals surface area contributed by atoms with E-state index in [1.165, 1.54) is 12.1 Å². The topological polar surface area (TPSA) is 68.3 Å². The molecule has 1 aromatic heterocycles. The molecule has 0 radical (unpaired) electrons. The Morgan fingerprint density at radius 3 is 2.80 bits per heavy atom. The summed E-state index contributed by atoms with van der Waals surface area (Å²) in [5.74, 6) is 1.42. The van der Waals surface area contributed by atoms with Crippen LogP contribution >= 0.6 is 11.6 Å². The van der Waals surface area contributed by atoms with E-state index in [2.05, 4.69) is 12.2 Å². The Morgan fingerprint density at radius 2 is 2.15 bits per heavy atom. The summed E-state index contributed by atoms with van der Waals surface area (Å²) in [6, 6.07) is 8.03. The van der Waals surface area contributed by atoms with Gasteiger partial charge in [-0.2, -0.15) is 0 Å². The SMILES string of the molecule is CCCNCc1ccc(-c2ccc([N+](=O)[O-])cc2Cl)o1. The van der Waals surface area contributed by atoms with Crippen molar-refractivity contribution in [2.24, 2.45) is 0 Å². The molecule has 5 nitrogen and oxygen atoms in total. The molecule has 0 saturated carbocycles. The first-order valence-electron chi connectivity index (χ1n) is 6.35. The Labute approximate surface area is 121 Å². The molecule has 0 amide bonds. The summed E-state index contributed by atoms with van der Waals surface area (Å²) in [7, 11) is 0. The third kappa shape index (κ3) is 3.37. The maximum absolute atomic E-state index is 10.7. The van der Waals surface area contributed by atoms with E-state index < -0.39 is 4.92 Å². The van der Waals surface area contributed by atoms with E-state index >= 15 is 0 Å². The first kappa shape index (κ1) is 14.6. The maximum atomic E-state index is 10.7. The average Bonchev–Trinajstić information content (AvgIpc) is 2.87. The molecule has 1 N–H and O–H groups in total. The minimum absolute atomic E-state index is 0.0323. The van der Waals surface area contributed by atoms with Gasteiger partial charge >= 0.3 is 0 Å². The molecule has 0 aliphatic carbocycles. The second-order valence-corrected chi connectivity index (χ2v) is 4.77. The van der Waals surface area contributed by atoms with Crippen molar-refractivity contribution < 1.29 is 9.34 Å². The predicted octanol–water partition coefficient (Wildman–Crippen LogP) is 4.01. The van der Waals surface area contributed by atoms with Gasteiger partial charge in [-0.3, -0.25) is 10.1 Å². The minimum Gasteiger partial charge on any atom is -0.460 e. The van der Waals surface area contributed by atoms with Crippen LogP contribution in [0.15, 0.2) is 34.7 Å². The number of nitrogens with zero attached hydrogens (tertiary/aromatic N) is 1. The predicted molar refractivity (Wildman–Crippen MR) is 77.8 cm³/mol. The number of furan rings is 1. The molecule has 20 heavy (non-hydrogen) atoms. The minimum atomic E-state index is -0.474. The van der Waals surface area contributed by atoms with Crippen LogP contribution in [0, 0.1) is 10.1 Å². The highest BCUT2D eigenvalue weighted by Gasteiger charge is 2.13. The van der Waals surface area contributed by atoms with Crippen LogP contribution in [0.3, 0.4) is 0 Å². The summed E-state index contributed by atoms with van der Waals surface area (Å²) in [6.45, 7) is 3.67. The zero-order valence-electron chi connectivity index (χ0n) is 11.1. The molecule has 0 aliphatic rings. The standard InChI is InChI=1S/C14H15ClN2O3/c1-2-7-16-9-11-4-6-14(20-11)12-5-3-10(17(18)19)8-13(12)15/h3-6,8,16H,2,7,9H2,1H3. The van der Waals surface area contributed by atoms with Gasteiger partial charge in [0.25, 0.3) is 5.69 Å². The van der Waals surface area contributed by atoms with E-state index in [0.29, 0.717) is 22.9 Å². The van der Waals surface area contributed by atoms with Crippen molar-refractivity contribution in [3.05, 3.63) is 51.2 Å². The largest absolute Gasteiger partial charge is 0.460 e. The molecule has 2 aromatic rings. The zero-order valence-corrected chi connectivity index (χ0v) is 11.8. The van der Waals surface area contributed by atoms with E-state index in [1.807, 2.05) is 12.1 Å². The Hall–Kier alpha value is -1.85. The fourth-order valence-electron chi connectivity index (χ4n) is 1.82. The van der Waals surface area contributed by atoms with E-state index in [1.54, 1.807) is 6.07 Å². The monoisotopic (exact) mass is 294 g/mol. The summed E-state index contributed by atoms with van der Waals surface area (Å²) < 4.78 is 5.68. The fourth-order valence-corrected chi connectivity index (χ4v) is 2.09. The molecule has 0 spiro atoms. The first-order valence-corrected chi connectivity index (χ1v) is 6.73. The van der Waals surface area contributed by atoms with Gasteiger partial charge in [0.05, 0.1) is 16.5 Å². The number of halogens is 1. The van der Waals surface area contributed by atoms with E-state index in [0.717, 1.165) is 18.7 Å². The lowest BCUT2D eigenvalue weighted by atomic mass is 10.1. The molecule has 6 heteroatoms. The smallest absolute Gasteiger partial charge is 0.270 e. The highest BCUT2D eigenvalue weighted by Crippen LogP contribution is 2.32. The van der Waals surface area contributed by atoms with Gasteiger partial charge in [-0.25, -0.2) is 0 Å². The van der Waals surface area contributed by atoms with Crippen molar-refractivity contribution in [1.29, 1.82) is 0 Å². The van der Waals surface area contributed by atoms with Crippen LogP contribution in [0.5, 0.6) is 0 Å². The molecule has 0 aliphatic heterocycles. The zero-order chi connectivity index (χ0) is 14.5. The van der Waals surface area contributed by atoms with Crippen LogP contribution in [0.25, 0.3) is 11.3 Å². The number of hydrogen-bond acceptors (Lipinski definition) is 4. The molecule has 0 saturated heterocycles. The molecular formula is C14H15ClN2O3. The molecular weight excluding hydrogens is 280 g/mol. The van der Waals surface area contributed by atoms with Gasteiger partial charge in [-0.05, 0) is 31.2 Å². The molecule has 106 valence electrons. The Morgan fingerprint density at radius 1 is 1.35 bits per heavy atom. The molecule has 0 atom stereocenters. The van der Waals surface area contributed by atoms with Gasteiger partial charge in [0, 0.05) is 17.7 Å². The van der Waals surface area contributed by atoms with Gasteiger partial charge in [0.1, 0.15) is 11.5 Å². The lowest BCUT2D eigenvalue weighted by Crippen LogP contribution is -2.12. The van der Waals surface area contributed by atoms with E-state index in [-0.39, 0.29) is 5.69 Å². The van der Waals surface area contributed by atoms with Crippen molar-refractivity contribution >= 4 is 17.3 Å². The van der Waals surface area contributed by atoms with Crippen LogP contribution in [-0.2, 0) is 6.54 Å². The number of nitro groups is 1. The quantitative estimate of drug-likeness (QED) is 0.496. The number of nitro benzene ring substituents is 1. The van der Waals surface area contributed by atoms with Crippen molar-refractivity contribution in [2.75, 3.05) is 6.54 Å². The maximum Gasteiger partial charge on any atom is 0.270 e. The molecule has 0 fully saturated rings. The number of non-ortho nitro benzene ring substituents is 1. The summed E-state index contributed by atoms with van der Waals surface area (Å²) in [6.07, 6.45) is 1.06. The highest BCUT2D eigenvalue weighted by molar-refractivity contribution is 6.33. The van der Waals surface area contributed by atoms with Crippen LogP contribution in [0.2, 0.25) is 5.02 Å². The Kier molecular flexibility index (Phi) is 4.76. The lowest BCUT2D eigenvalue weighted by molar-refractivity contribution is -0.384. The van der Waals surface area contributed by atoms with Crippen molar-refractivity contribution in [3.63, 3.8) is 0 Å². The number of benzene rings is 1. The van der Waals surface area contributed by atoms with E-state index in [4.69, 9.17) is 16.0 Å². The highest BCUT2D eigenvalue weighted by atomic mass is 35.5. The second-order valence-electron chi connectivity index (χ2n) is 4.36. The van der Waals surface area contributed by atoms with Crippen molar-refractivity contribution in [1.82, 2.24) is 5.32 Å². The van der Waals surface area contributed by atoms with Crippen molar-refractivity contribution in [3.8, 4) is 11.3 Å². The van der Waals surface area contributed by atoms with Gasteiger partial charge in [-0.15, -0.1) is 0 Å². The normalized spacial score (nSPS) is 10.7. The summed E-state index contributed by atoms with van der Waals surface area (Å²) in [5.41, 5.74) is 0.620. The number of hydrogen-bond donors (Lipinski definition) is 1. The third-order valence-electron chi connectivity index (χ3n) is 2.82. The third-order valence-corrected chi connectivity index (χ3v) is 3.13. The molecule has 1 heterocycles. The Bertz CT molecular complexity index is 610. The van der Waals surface area contributed by atoms with Crippen molar-refractivity contribution in [2.45, 2.75) is 19.9 Å². The van der Waals surface area contributed by atoms with Crippen LogP contribution in [0.1, 0.15) is 19.1 Å². The van der Waals surface area contributed by atoms with E-state index in [9.17, 15) is 10.1 Å². The number of nitrogens with one attached hydrogen (secondary N) is 1. The van der Waals surface area contributed by atoms with Gasteiger partial charge in [0.15, 0.2) is 0 Å². The van der Waals surface area contributed by atoms with Gasteiger partial charge in [0.2, 0.25) is 0 Å². The molecule has 0 bridgehead atoms. The Balaban J connectivity index is 2.17. The van der Waals surface area contributed by atoms with Gasteiger partial charge in [-0.1, -0.05) is 18.5 Å². The first-order chi connectivity index (χ1) is 9.61. The van der Waals surface area contributed by atoms with Crippen LogP contribution in [0.4, 0.5) is 5.69 Å². The number of rotatable bonds is 6. The molecule has 0 unspecified atom stereocenters. The lowest BCUT2D eigenvalue weighted by Gasteiger charge is -2.02. The second kappa shape index (κ2) is 6.54. The van der Waals surface area contributed by atoms with Crippen LogP contribution < -0.4 is 5.32 Å². The average molecular weight is 295 g/mol. The fraction of sp³-hybridized carbons (Fsp3) is 0.286.